The molecule has 0 bridgehead atoms. The van der Waals surface area contributed by atoms with Crippen LogP contribution in [0, 0.1) is 0 Å². The van der Waals surface area contributed by atoms with Crippen molar-refractivity contribution in [3.63, 3.8) is 0 Å². The average Bonchev–Trinajstić information content (AvgIpc) is 2.36. The number of nitrogens with two attached hydrogens (primary N) is 1. The van der Waals surface area contributed by atoms with Crippen LogP contribution in [0.1, 0.15) is 27.2 Å². The number of hydrogen-bond acceptors (Lipinski definition) is 4. The second kappa shape index (κ2) is 6.66. The molecule has 0 saturated heterocycles. The molecule has 4 nitrogen and oxygen atoms in total. The Morgan fingerprint density at radius 3 is 2.47 bits per heavy atom. The fraction of sp³-hybridized carbons (Fsp3) is 0.600. The molecule has 0 aliphatic rings. The van der Waals surface area contributed by atoms with Gasteiger partial charge in [-0.05, 0) is 46.5 Å². The van der Waals surface area contributed by atoms with E-state index in [0.717, 1.165) is 12.2 Å². The van der Waals surface area contributed by atoms with E-state index in [4.69, 9.17) is 15.2 Å². The lowest BCUT2D eigenvalue weighted by atomic mass is 10.1. The van der Waals surface area contributed by atoms with Crippen molar-refractivity contribution in [1.82, 2.24) is 4.90 Å². The summed E-state index contributed by atoms with van der Waals surface area (Å²) < 4.78 is 11.4. The van der Waals surface area contributed by atoms with Crippen LogP contribution in [0.2, 0.25) is 0 Å². The Hall–Kier alpha value is -1.42. The molecule has 4 heteroatoms. The molecule has 0 fully saturated rings. The minimum absolute atomic E-state index is 0.0220. The molecular formula is C15H26N2O2. The molecule has 0 heterocycles. The minimum Gasteiger partial charge on any atom is -0.492 e. The summed E-state index contributed by atoms with van der Waals surface area (Å²) >= 11 is 0. The Balaban J connectivity index is 2.69. The Kier molecular flexibility index (Phi) is 5.48. The van der Waals surface area contributed by atoms with E-state index in [1.807, 2.05) is 32.3 Å². The Morgan fingerprint density at radius 2 is 1.89 bits per heavy atom. The highest BCUT2D eigenvalue weighted by Crippen LogP contribution is 2.27. The molecule has 2 N–H and O–H groups in total. The summed E-state index contributed by atoms with van der Waals surface area (Å²) in [5.41, 5.74) is 6.50. The third-order valence-corrected chi connectivity index (χ3v) is 3.25. The summed E-state index contributed by atoms with van der Waals surface area (Å²) in [6.45, 7) is 7.61. The minimum atomic E-state index is -0.0220. The van der Waals surface area contributed by atoms with E-state index in [2.05, 4.69) is 25.7 Å². The maximum atomic E-state index is 5.87. The molecule has 19 heavy (non-hydrogen) atoms. The lowest BCUT2D eigenvalue weighted by Gasteiger charge is -2.32. The van der Waals surface area contributed by atoms with Crippen molar-refractivity contribution >= 4 is 5.69 Å². The molecule has 1 aromatic carbocycles. The van der Waals surface area contributed by atoms with Crippen LogP contribution in [0.3, 0.4) is 0 Å². The summed E-state index contributed by atoms with van der Waals surface area (Å²) in [6.07, 6.45) is 0.957. The summed E-state index contributed by atoms with van der Waals surface area (Å²) in [4.78, 5) is 2.14. The SMILES string of the molecule is CCCOc1cc(OCC(C)(C)N(C)C)ccc1N. The van der Waals surface area contributed by atoms with Gasteiger partial charge in [-0.3, -0.25) is 0 Å². The van der Waals surface area contributed by atoms with Crippen LogP contribution in [0.5, 0.6) is 11.5 Å². The van der Waals surface area contributed by atoms with Crippen molar-refractivity contribution in [2.24, 2.45) is 0 Å². The lowest BCUT2D eigenvalue weighted by molar-refractivity contribution is 0.114. The second-order valence-corrected chi connectivity index (χ2v) is 5.54. The van der Waals surface area contributed by atoms with Crippen molar-refractivity contribution in [2.45, 2.75) is 32.7 Å². The van der Waals surface area contributed by atoms with Crippen LogP contribution in [0.4, 0.5) is 5.69 Å². The number of benzene rings is 1. The van der Waals surface area contributed by atoms with Crippen LogP contribution in [-0.4, -0.2) is 37.7 Å². The van der Waals surface area contributed by atoms with Gasteiger partial charge in [-0.15, -0.1) is 0 Å². The number of ether oxygens (including phenoxy) is 2. The summed E-state index contributed by atoms with van der Waals surface area (Å²) in [6, 6.07) is 5.56. The average molecular weight is 266 g/mol. The number of hydrogen-bond donors (Lipinski definition) is 1. The van der Waals surface area contributed by atoms with E-state index in [1.54, 1.807) is 0 Å². The summed E-state index contributed by atoms with van der Waals surface area (Å²) in [5, 5.41) is 0. The van der Waals surface area contributed by atoms with E-state index in [-0.39, 0.29) is 5.54 Å². The molecular weight excluding hydrogens is 240 g/mol. The van der Waals surface area contributed by atoms with Gasteiger partial charge in [0.15, 0.2) is 0 Å². The Morgan fingerprint density at radius 1 is 1.21 bits per heavy atom. The van der Waals surface area contributed by atoms with Crippen molar-refractivity contribution in [3.8, 4) is 11.5 Å². The van der Waals surface area contributed by atoms with E-state index in [9.17, 15) is 0 Å². The highest BCUT2D eigenvalue weighted by Gasteiger charge is 2.21. The molecule has 0 amide bonds. The highest BCUT2D eigenvalue weighted by molar-refractivity contribution is 5.55. The zero-order valence-corrected chi connectivity index (χ0v) is 12.7. The summed E-state index contributed by atoms with van der Waals surface area (Å²) in [7, 11) is 4.09. The lowest BCUT2D eigenvalue weighted by Crippen LogP contribution is -2.43. The first-order chi connectivity index (χ1) is 8.86. The van der Waals surface area contributed by atoms with Crippen molar-refractivity contribution in [1.29, 1.82) is 0 Å². The van der Waals surface area contributed by atoms with Crippen molar-refractivity contribution in [2.75, 3.05) is 33.0 Å². The van der Waals surface area contributed by atoms with Gasteiger partial charge in [-0.2, -0.15) is 0 Å². The Labute approximate surface area is 116 Å². The van der Waals surface area contributed by atoms with Crippen LogP contribution < -0.4 is 15.2 Å². The van der Waals surface area contributed by atoms with Gasteiger partial charge in [-0.25, -0.2) is 0 Å². The molecule has 1 aromatic rings. The molecule has 1 rings (SSSR count). The van der Waals surface area contributed by atoms with Crippen LogP contribution in [0.15, 0.2) is 18.2 Å². The predicted octanol–water partition coefficient (Wildman–Crippen LogP) is 2.78. The number of rotatable bonds is 7. The number of likely N-dealkylation sites (N-methyl/N-ethyl adjacent to an activating group) is 1. The zero-order valence-electron chi connectivity index (χ0n) is 12.7. The van der Waals surface area contributed by atoms with Crippen molar-refractivity contribution in [3.05, 3.63) is 18.2 Å². The Bertz CT molecular complexity index is 403. The third kappa shape index (κ3) is 4.63. The molecule has 0 atom stereocenters. The van der Waals surface area contributed by atoms with E-state index < -0.39 is 0 Å². The van der Waals surface area contributed by atoms with Gasteiger partial charge < -0.3 is 20.1 Å². The smallest absolute Gasteiger partial charge is 0.145 e. The van der Waals surface area contributed by atoms with Crippen LogP contribution in [-0.2, 0) is 0 Å². The van der Waals surface area contributed by atoms with Gasteiger partial charge in [0.05, 0.1) is 12.3 Å². The largest absolute Gasteiger partial charge is 0.492 e. The first-order valence-corrected chi connectivity index (χ1v) is 6.69. The van der Waals surface area contributed by atoms with E-state index in [0.29, 0.717) is 24.7 Å². The van der Waals surface area contributed by atoms with Crippen molar-refractivity contribution < 1.29 is 9.47 Å². The quantitative estimate of drug-likeness (QED) is 0.771. The van der Waals surface area contributed by atoms with Gasteiger partial charge in [-0.1, -0.05) is 6.92 Å². The molecule has 0 unspecified atom stereocenters. The molecule has 0 aliphatic carbocycles. The number of anilines is 1. The summed E-state index contributed by atoms with van der Waals surface area (Å²) in [5.74, 6) is 1.48. The van der Waals surface area contributed by atoms with Gasteiger partial charge in [0.1, 0.15) is 18.1 Å². The molecule has 0 spiro atoms. The number of nitrogens with zero attached hydrogens (tertiary/aromatic N) is 1. The van der Waals surface area contributed by atoms with E-state index in [1.165, 1.54) is 0 Å². The molecule has 0 radical (unpaired) electrons. The second-order valence-electron chi connectivity index (χ2n) is 5.54. The molecule has 0 aliphatic heterocycles. The normalized spacial score (nSPS) is 11.7. The fourth-order valence-electron chi connectivity index (χ4n) is 1.33. The van der Waals surface area contributed by atoms with E-state index >= 15 is 0 Å². The van der Waals surface area contributed by atoms with Crippen LogP contribution in [0.25, 0.3) is 0 Å². The van der Waals surface area contributed by atoms with Gasteiger partial charge in [0, 0.05) is 11.6 Å². The predicted molar refractivity (Wildman–Crippen MR) is 79.9 cm³/mol. The standard InChI is InChI=1S/C15H26N2O2/c1-6-9-18-14-10-12(7-8-13(14)16)19-11-15(2,3)17(4)5/h7-8,10H,6,9,11,16H2,1-5H3. The fourth-order valence-corrected chi connectivity index (χ4v) is 1.33. The molecule has 0 aromatic heterocycles. The molecule has 0 saturated carbocycles. The first kappa shape index (κ1) is 15.6. The third-order valence-electron chi connectivity index (χ3n) is 3.25. The maximum Gasteiger partial charge on any atom is 0.145 e. The van der Waals surface area contributed by atoms with Gasteiger partial charge in [0.25, 0.3) is 0 Å². The first-order valence-electron chi connectivity index (χ1n) is 6.69. The van der Waals surface area contributed by atoms with Crippen LogP contribution >= 0.6 is 0 Å². The number of nitrogen functional groups attached to an aromatic ring is 1. The maximum absolute atomic E-state index is 5.87. The molecule has 108 valence electrons. The highest BCUT2D eigenvalue weighted by atomic mass is 16.5. The monoisotopic (exact) mass is 266 g/mol. The topological polar surface area (TPSA) is 47.7 Å². The van der Waals surface area contributed by atoms with Gasteiger partial charge >= 0.3 is 0 Å². The zero-order chi connectivity index (χ0) is 14.5. The van der Waals surface area contributed by atoms with Gasteiger partial charge in [0.2, 0.25) is 0 Å².